The Labute approximate surface area is 85.7 Å². The van der Waals surface area contributed by atoms with Gasteiger partial charge in [-0.25, -0.2) is 0 Å². The number of benzene rings is 1. The van der Waals surface area contributed by atoms with Crippen LogP contribution in [0.3, 0.4) is 0 Å². The maximum atomic E-state index is 12.4. The molecule has 0 spiro atoms. The second-order valence-electron chi connectivity index (χ2n) is 2.78. The van der Waals surface area contributed by atoms with Crippen molar-refractivity contribution in [1.82, 2.24) is 0 Å². The van der Waals surface area contributed by atoms with Crippen LogP contribution < -0.4 is 4.89 Å². The zero-order valence-corrected chi connectivity index (χ0v) is 8.28. The molecule has 0 amide bonds. The molecule has 0 saturated heterocycles. The van der Waals surface area contributed by atoms with Gasteiger partial charge in [-0.3, -0.25) is 0 Å². The van der Waals surface area contributed by atoms with Gasteiger partial charge in [-0.15, -0.1) is 0 Å². The molecule has 14 heavy (non-hydrogen) atoms. The topological polar surface area (TPSA) is 18.5 Å². The quantitative estimate of drug-likeness (QED) is 0.673. The van der Waals surface area contributed by atoms with Crippen LogP contribution in [0.25, 0.3) is 0 Å². The van der Waals surface area contributed by atoms with Crippen molar-refractivity contribution in [3.63, 3.8) is 0 Å². The fraction of sp³-hybridized carbons (Fsp3) is 0.250. The van der Waals surface area contributed by atoms with Crippen LogP contribution in [0, 0.1) is 0 Å². The molecule has 1 aromatic carbocycles. The fourth-order valence-electron chi connectivity index (χ4n) is 1.16. The molecule has 2 nitrogen and oxygen atoms in total. The molecule has 1 heterocycles. The molecule has 1 aromatic rings. The van der Waals surface area contributed by atoms with Crippen LogP contribution in [-0.4, -0.2) is 0 Å². The van der Waals surface area contributed by atoms with Crippen LogP contribution in [0.1, 0.15) is 11.1 Å². The van der Waals surface area contributed by atoms with Crippen molar-refractivity contribution < 1.29 is 22.9 Å². The first-order valence-corrected chi connectivity index (χ1v) is 4.47. The molecule has 0 radical (unpaired) electrons. The summed E-state index contributed by atoms with van der Waals surface area (Å²) < 4.78 is 37.2. The van der Waals surface area contributed by atoms with Gasteiger partial charge in [0.1, 0.15) is 6.61 Å². The first kappa shape index (κ1) is 9.79. The highest BCUT2D eigenvalue weighted by Gasteiger charge is 2.34. The zero-order valence-electron chi connectivity index (χ0n) is 6.69. The van der Waals surface area contributed by atoms with E-state index in [0.717, 1.165) is 6.07 Å². The van der Waals surface area contributed by atoms with E-state index in [9.17, 15) is 13.2 Å². The van der Waals surface area contributed by atoms with Crippen molar-refractivity contribution in [2.45, 2.75) is 12.8 Å². The summed E-state index contributed by atoms with van der Waals surface area (Å²) in [5.74, 6) is 0.324. The highest BCUT2D eigenvalue weighted by molar-refractivity contribution is 9.10. The molecule has 6 heteroatoms. The van der Waals surface area contributed by atoms with Crippen molar-refractivity contribution in [3.05, 3.63) is 27.7 Å². The minimum atomic E-state index is -4.36. The van der Waals surface area contributed by atoms with Crippen LogP contribution in [0.2, 0.25) is 0 Å². The Morgan fingerprint density at radius 2 is 2.00 bits per heavy atom. The maximum Gasteiger partial charge on any atom is 0.417 e. The Bertz CT molecular complexity index is 376. The number of halogens is 4. The second kappa shape index (κ2) is 3.13. The lowest BCUT2D eigenvalue weighted by Crippen LogP contribution is -2.06. The molecule has 0 aliphatic carbocycles. The van der Waals surface area contributed by atoms with E-state index >= 15 is 0 Å². The lowest BCUT2D eigenvalue weighted by atomic mass is 10.1. The fourth-order valence-corrected chi connectivity index (χ4v) is 1.71. The number of fused-ring (bicyclic) bond motifs is 1. The highest BCUT2D eigenvalue weighted by Crippen LogP contribution is 2.40. The molecule has 0 bridgehead atoms. The van der Waals surface area contributed by atoms with Crippen molar-refractivity contribution in [1.29, 1.82) is 0 Å². The molecule has 0 fully saturated rings. The lowest BCUT2D eigenvalue weighted by Gasteiger charge is -2.09. The average Bonchev–Trinajstić information content (AvgIpc) is 2.47. The third-order valence-corrected chi connectivity index (χ3v) is 2.47. The standard InChI is InChI=1S/C8H4BrF3O2/c9-6-2-7-4(3-13-14-7)1-5(6)8(10,11)12/h1-2H,3H2. The Morgan fingerprint density at radius 1 is 1.29 bits per heavy atom. The summed E-state index contributed by atoms with van der Waals surface area (Å²) in [7, 11) is 0. The smallest absolute Gasteiger partial charge is 0.337 e. The molecular formula is C8H4BrF3O2. The number of hydrogen-bond donors (Lipinski definition) is 0. The van der Waals surface area contributed by atoms with E-state index in [1.54, 1.807) is 0 Å². The first-order valence-electron chi connectivity index (χ1n) is 3.67. The molecule has 1 aliphatic rings. The van der Waals surface area contributed by atoms with Crippen molar-refractivity contribution in [2.75, 3.05) is 0 Å². The van der Waals surface area contributed by atoms with E-state index < -0.39 is 11.7 Å². The van der Waals surface area contributed by atoms with Crippen LogP contribution >= 0.6 is 15.9 Å². The summed E-state index contributed by atoms with van der Waals surface area (Å²) >= 11 is 2.83. The van der Waals surface area contributed by atoms with Gasteiger partial charge in [0.2, 0.25) is 0 Å². The van der Waals surface area contributed by atoms with E-state index in [0.29, 0.717) is 11.3 Å². The summed E-state index contributed by atoms with van der Waals surface area (Å²) in [6.07, 6.45) is -4.36. The second-order valence-corrected chi connectivity index (χ2v) is 3.64. The largest absolute Gasteiger partial charge is 0.417 e. The van der Waals surface area contributed by atoms with Crippen LogP contribution in [-0.2, 0) is 17.7 Å². The first-order chi connectivity index (χ1) is 6.48. The third-order valence-electron chi connectivity index (χ3n) is 1.82. The lowest BCUT2D eigenvalue weighted by molar-refractivity contribution is -0.194. The molecule has 0 unspecified atom stereocenters. The van der Waals surface area contributed by atoms with Crippen LogP contribution in [0.4, 0.5) is 13.2 Å². The minimum Gasteiger partial charge on any atom is -0.337 e. The van der Waals surface area contributed by atoms with Gasteiger partial charge in [0, 0.05) is 10.0 Å². The minimum absolute atomic E-state index is 0.0470. The summed E-state index contributed by atoms with van der Waals surface area (Å²) in [5.41, 5.74) is -0.314. The summed E-state index contributed by atoms with van der Waals surface area (Å²) in [5, 5.41) is 0. The Hall–Kier alpha value is -0.750. The predicted octanol–water partition coefficient (Wildman–Crippen LogP) is 3.29. The van der Waals surface area contributed by atoms with Crippen LogP contribution in [0.5, 0.6) is 5.75 Å². The summed E-state index contributed by atoms with van der Waals surface area (Å²) in [4.78, 5) is 9.20. The number of rotatable bonds is 0. The molecule has 0 aromatic heterocycles. The molecule has 0 saturated carbocycles. The molecule has 0 N–H and O–H groups in total. The van der Waals surface area contributed by atoms with E-state index in [4.69, 9.17) is 0 Å². The van der Waals surface area contributed by atoms with Gasteiger partial charge in [-0.1, -0.05) is 15.9 Å². The van der Waals surface area contributed by atoms with Gasteiger partial charge in [-0.2, -0.15) is 18.1 Å². The van der Waals surface area contributed by atoms with E-state index in [2.05, 4.69) is 25.7 Å². The Morgan fingerprint density at radius 3 is 2.64 bits per heavy atom. The van der Waals surface area contributed by atoms with E-state index in [-0.39, 0.29) is 11.1 Å². The molecule has 0 atom stereocenters. The summed E-state index contributed by atoms with van der Waals surface area (Å²) in [6, 6.07) is 2.28. The monoisotopic (exact) mass is 268 g/mol. The molecule has 2 rings (SSSR count). The summed E-state index contributed by atoms with van der Waals surface area (Å²) in [6.45, 7) is 0.0473. The van der Waals surface area contributed by atoms with Crippen LogP contribution in [0.15, 0.2) is 16.6 Å². The number of alkyl halides is 3. The molecular weight excluding hydrogens is 265 g/mol. The van der Waals surface area contributed by atoms with E-state index in [1.165, 1.54) is 6.07 Å². The van der Waals surface area contributed by atoms with Gasteiger partial charge >= 0.3 is 6.18 Å². The van der Waals surface area contributed by atoms with Gasteiger partial charge in [-0.05, 0) is 12.1 Å². The normalized spacial score (nSPS) is 15.1. The van der Waals surface area contributed by atoms with E-state index in [1.807, 2.05) is 0 Å². The Balaban J connectivity index is 2.53. The molecule has 1 aliphatic heterocycles. The van der Waals surface area contributed by atoms with Gasteiger partial charge in [0.05, 0.1) is 5.56 Å². The average molecular weight is 269 g/mol. The highest BCUT2D eigenvalue weighted by atomic mass is 79.9. The van der Waals surface area contributed by atoms with Crippen molar-refractivity contribution in [3.8, 4) is 5.75 Å². The zero-order chi connectivity index (χ0) is 10.3. The third kappa shape index (κ3) is 1.59. The van der Waals surface area contributed by atoms with Gasteiger partial charge in [0.15, 0.2) is 5.75 Å². The molecule has 76 valence electrons. The predicted molar refractivity (Wildman–Crippen MR) is 44.6 cm³/mol. The maximum absolute atomic E-state index is 12.4. The number of hydrogen-bond acceptors (Lipinski definition) is 2. The van der Waals surface area contributed by atoms with Gasteiger partial charge < -0.3 is 4.89 Å². The SMILES string of the molecule is FC(F)(F)c1cc2c(cc1Br)OOC2. The van der Waals surface area contributed by atoms with Crippen molar-refractivity contribution >= 4 is 15.9 Å². The van der Waals surface area contributed by atoms with Crippen molar-refractivity contribution in [2.24, 2.45) is 0 Å². The van der Waals surface area contributed by atoms with Gasteiger partial charge in [0.25, 0.3) is 0 Å². The Kier molecular flexibility index (Phi) is 2.19.